The Bertz CT molecular complexity index is 210. The summed E-state index contributed by atoms with van der Waals surface area (Å²) in [5.74, 6) is 0.547. The van der Waals surface area contributed by atoms with Gasteiger partial charge in [-0.2, -0.15) is 0 Å². The fraction of sp³-hybridized carbons (Fsp3) is 0.667. The fourth-order valence-electron chi connectivity index (χ4n) is 1.61. The summed E-state index contributed by atoms with van der Waals surface area (Å²) in [6.07, 6.45) is 7.02. The van der Waals surface area contributed by atoms with Gasteiger partial charge in [-0.15, -0.1) is 5.73 Å². The Morgan fingerprint density at radius 2 is 2.20 bits per heavy atom. The maximum Gasteiger partial charge on any atom is 0.293 e. The van der Waals surface area contributed by atoms with Crippen LogP contribution in [0.15, 0.2) is 18.4 Å². The zero-order valence-electron chi connectivity index (χ0n) is 9.45. The second-order valence-corrected chi connectivity index (χ2v) is 3.53. The predicted octanol–water partition coefficient (Wildman–Crippen LogP) is 2.02. The molecule has 0 amide bonds. The first-order chi connectivity index (χ1) is 7.26. The number of nitrogens with two attached hydrogens (primary N) is 1. The molecule has 3 heteroatoms. The van der Waals surface area contributed by atoms with Gasteiger partial charge in [0.25, 0.3) is 6.47 Å². The van der Waals surface area contributed by atoms with E-state index in [-0.39, 0.29) is 0 Å². The number of rotatable bonds is 3. The summed E-state index contributed by atoms with van der Waals surface area (Å²) < 4.78 is 4.15. The van der Waals surface area contributed by atoms with Crippen LogP contribution >= 0.6 is 0 Å². The summed E-state index contributed by atoms with van der Waals surface area (Å²) in [7, 11) is 0. The molecule has 3 nitrogen and oxygen atoms in total. The van der Waals surface area contributed by atoms with E-state index in [1.165, 1.54) is 25.7 Å². The second-order valence-electron chi connectivity index (χ2n) is 3.53. The number of ether oxygens (including phenoxy) is 1. The highest BCUT2D eigenvalue weighted by Gasteiger charge is 2.18. The third-order valence-corrected chi connectivity index (χ3v) is 2.44. The van der Waals surface area contributed by atoms with Crippen molar-refractivity contribution in [3.05, 3.63) is 18.4 Å². The molecule has 2 unspecified atom stereocenters. The third kappa shape index (κ3) is 6.95. The lowest BCUT2D eigenvalue weighted by Crippen LogP contribution is -2.31. The molecule has 1 fully saturated rings. The molecular weight excluding hydrogens is 190 g/mol. The second kappa shape index (κ2) is 9.50. The van der Waals surface area contributed by atoms with Gasteiger partial charge >= 0.3 is 0 Å². The molecule has 1 saturated carbocycles. The SMILES string of the molecule is C=C=CC1CCCCC1N.CCOC=O. The van der Waals surface area contributed by atoms with Crippen molar-refractivity contribution in [3.63, 3.8) is 0 Å². The van der Waals surface area contributed by atoms with E-state index in [1.54, 1.807) is 6.92 Å². The topological polar surface area (TPSA) is 52.3 Å². The maximum absolute atomic E-state index is 9.18. The van der Waals surface area contributed by atoms with Crippen molar-refractivity contribution < 1.29 is 9.53 Å². The molecule has 0 heterocycles. The maximum atomic E-state index is 9.18. The first-order valence-electron chi connectivity index (χ1n) is 5.43. The minimum absolute atomic E-state index is 0.364. The molecule has 1 rings (SSSR count). The van der Waals surface area contributed by atoms with Crippen LogP contribution in [0.1, 0.15) is 32.6 Å². The average molecular weight is 211 g/mol. The summed E-state index contributed by atoms with van der Waals surface area (Å²) in [5, 5.41) is 0. The van der Waals surface area contributed by atoms with Gasteiger partial charge in [-0.1, -0.05) is 19.4 Å². The van der Waals surface area contributed by atoms with Gasteiger partial charge in [0.1, 0.15) is 0 Å². The normalized spacial score (nSPS) is 24.1. The van der Waals surface area contributed by atoms with E-state index in [0.29, 0.717) is 25.0 Å². The molecule has 0 aromatic heterocycles. The summed E-state index contributed by atoms with van der Waals surface area (Å²) in [5.41, 5.74) is 8.68. The summed E-state index contributed by atoms with van der Waals surface area (Å²) in [6.45, 7) is 6.22. The Hall–Kier alpha value is -1.05. The molecule has 0 spiro atoms. The number of hydrogen-bond acceptors (Lipinski definition) is 3. The van der Waals surface area contributed by atoms with Gasteiger partial charge in [-0.25, -0.2) is 0 Å². The van der Waals surface area contributed by atoms with Crippen LogP contribution in [0, 0.1) is 5.92 Å². The van der Waals surface area contributed by atoms with Crippen LogP contribution < -0.4 is 5.73 Å². The van der Waals surface area contributed by atoms with E-state index in [4.69, 9.17) is 5.73 Å². The molecule has 86 valence electrons. The van der Waals surface area contributed by atoms with E-state index < -0.39 is 0 Å². The molecule has 0 saturated heterocycles. The molecule has 0 radical (unpaired) electrons. The van der Waals surface area contributed by atoms with Crippen LogP contribution in [0.4, 0.5) is 0 Å². The summed E-state index contributed by atoms with van der Waals surface area (Å²) in [4.78, 5) is 9.18. The van der Waals surface area contributed by atoms with Gasteiger partial charge in [-0.3, -0.25) is 4.79 Å². The van der Waals surface area contributed by atoms with Crippen LogP contribution in [0.3, 0.4) is 0 Å². The van der Waals surface area contributed by atoms with Crippen molar-refractivity contribution in [3.8, 4) is 0 Å². The zero-order valence-corrected chi connectivity index (χ0v) is 9.45. The van der Waals surface area contributed by atoms with Crippen molar-refractivity contribution in [1.82, 2.24) is 0 Å². The molecule has 1 aliphatic rings. The highest BCUT2D eigenvalue weighted by Crippen LogP contribution is 2.23. The standard InChI is InChI=1S/C9H15N.C3H6O2/c1-2-5-8-6-3-4-7-9(8)10;1-2-5-3-4/h5,8-9H,1,3-4,6-7,10H2;3H,2H2,1H3. The molecular formula is C12H21NO2. The van der Waals surface area contributed by atoms with Crippen molar-refractivity contribution in [2.24, 2.45) is 11.7 Å². The van der Waals surface area contributed by atoms with Crippen LogP contribution in [-0.2, 0) is 9.53 Å². The van der Waals surface area contributed by atoms with Gasteiger partial charge in [0, 0.05) is 6.04 Å². The minimum atomic E-state index is 0.364. The molecule has 2 N–H and O–H groups in total. The van der Waals surface area contributed by atoms with Gasteiger partial charge in [0.05, 0.1) is 6.61 Å². The van der Waals surface area contributed by atoms with Crippen LogP contribution in [0.25, 0.3) is 0 Å². The molecule has 0 aromatic carbocycles. The Morgan fingerprint density at radius 3 is 2.60 bits per heavy atom. The van der Waals surface area contributed by atoms with E-state index >= 15 is 0 Å². The summed E-state index contributed by atoms with van der Waals surface area (Å²) >= 11 is 0. The smallest absolute Gasteiger partial charge is 0.293 e. The van der Waals surface area contributed by atoms with Gasteiger partial charge in [0.2, 0.25) is 0 Å². The van der Waals surface area contributed by atoms with E-state index in [1.807, 2.05) is 6.08 Å². The monoisotopic (exact) mass is 211 g/mol. The lowest BCUT2D eigenvalue weighted by atomic mass is 9.85. The van der Waals surface area contributed by atoms with Crippen LogP contribution in [0.2, 0.25) is 0 Å². The van der Waals surface area contributed by atoms with Crippen molar-refractivity contribution in [1.29, 1.82) is 0 Å². The Kier molecular flexibility index (Phi) is 8.84. The van der Waals surface area contributed by atoms with Crippen LogP contribution in [-0.4, -0.2) is 19.1 Å². The molecule has 0 aromatic rings. The molecule has 0 bridgehead atoms. The molecule has 1 aliphatic carbocycles. The van der Waals surface area contributed by atoms with Crippen molar-refractivity contribution in [2.75, 3.05) is 6.61 Å². The molecule has 0 aliphatic heterocycles. The third-order valence-electron chi connectivity index (χ3n) is 2.44. The van der Waals surface area contributed by atoms with Crippen LogP contribution in [0.5, 0.6) is 0 Å². The first-order valence-corrected chi connectivity index (χ1v) is 5.43. The highest BCUT2D eigenvalue weighted by molar-refractivity contribution is 5.36. The quantitative estimate of drug-likeness (QED) is 0.574. The Morgan fingerprint density at radius 1 is 1.53 bits per heavy atom. The Balaban J connectivity index is 0.000000336. The lowest BCUT2D eigenvalue weighted by Gasteiger charge is -2.24. The van der Waals surface area contributed by atoms with E-state index in [0.717, 1.165) is 0 Å². The van der Waals surface area contributed by atoms with Crippen molar-refractivity contribution in [2.45, 2.75) is 38.6 Å². The average Bonchev–Trinajstić information content (AvgIpc) is 2.24. The molecule has 2 atom stereocenters. The minimum Gasteiger partial charge on any atom is -0.468 e. The predicted molar refractivity (Wildman–Crippen MR) is 61.3 cm³/mol. The zero-order chi connectivity index (χ0) is 11.5. The fourth-order valence-corrected chi connectivity index (χ4v) is 1.61. The van der Waals surface area contributed by atoms with Gasteiger partial charge in [0.15, 0.2) is 0 Å². The van der Waals surface area contributed by atoms with Gasteiger partial charge in [-0.05, 0) is 31.8 Å². The number of hydrogen-bond donors (Lipinski definition) is 1. The largest absolute Gasteiger partial charge is 0.468 e. The molecule has 15 heavy (non-hydrogen) atoms. The number of carbonyl (C=O) groups excluding carboxylic acids is 1. The first kappa shape index (κ1) is 13.9. The van der Waals surface area contributed by atoms with E-state index in [2.05, 4.69) is 17.0 Å². The van der Waals surface area contributed by atoms with Crippen molar-refractivity contribution >= 4 is 6.47 Å². The summed E-state index contributed by atoms with van der Waals surface area (Å²) in [6, 6.07) is 0.364. The van der Waals surface area contributed by atoms with E-state index in [9.17, 15) is 4.79 Å². The lowest BCUT2D eigenvalue weighted by molar-refractivity contribution is -0.128. The number of carbonyl (C=O) groups is 1. The Labute approximate surface area is 92.0 Å². The van der Waals surface area contributed by atoms with Gasteiger partial charge < -0.3 is 10.5 Å². The highest BCUT2D eigenvalue weighted by atomic mass is 16.5.